The number of rotatable bonds is 0. The number of halogens is 2. The Balaban J connectivity index is -0.0000000638. The maximum Gasteiger partial charge on any atom is 2.00 e. The first kappa shape index (κ1) is 26.4. The van der Waals surface area contributed by atoms with E-state index >= 15 is 0 Å². The van der Waals surface area contributed by atoms with Crippen molar-refractivity contribution >= 4 is 19.1 Å². The van der Waals surface area contributed by atoms with Crippen LogP contribution >= 0.6 is 19.1 Å². The zero-order chi connectivity index (χ0) is 9.78. The SMILES string of the molecule is [Cl][Pd][Cl].[Fe+2].[Pd].[Pd].c1cc[cH-]c1.c1cc[cH-]c1. The van der Waals surface area contributed by atoms with Crippen LogP contribution in [-0.2, 0) is 73.9 Å². The molecule has 102 valence electrons. The Morgan fingerprint density at radius 3 is 0.938 bits per heavy atom. The van der Waals surface area contributed by atoms with Crippen molar-refractivity contribution in [1.29, 1.82) is 0 Å². The van der Waals surface area contributed by atoms with Crippen LogP contribution in [0.2, 0.25) is 0 Å². The molecule has 2 aromatic rings. The van der Waals surface area contributed by atoms with Crippen molar-refractivity contribution in [2.75, 3.05) is 0 Å². The molecule has 0 aliphatic heterocycles. The van der Waals surface area contributed by atoms with Gasteiger partial charge in [0.05, 0.1) is 0 Å². The van der Waals surface area contributed by atoms with Crippen molar-refractivity contribution in [1.82, 2.24) is 0 Å². The van der Waals surface area contributed by atoms with Crippen molar-refractivity contribution < 1.29 is 73.9 Å². The average Bonchev–Trinajstić information content (AvgIpc) is 2.85. The van der Waals surface area contributed by atoms with Crippen LogP contribution in [0.15, 0.2) is 60.7 Å². The van der Waals surface area contributed by atoms with Crippen LogP contribution in [0.4, 0.5) is 0 Å². The third-order valence-corrected chi connectivity index (χ3v) is 1.11. The van der Waals surface area contributed by atoms with Crippen LogP contribution in [0.3, 0.4) is 0 Å². The Morgan fingerprint density at radius 1 is 0.688 bits per heavy atom. The molecule has 0 unspecified atom stereocenters. The van der Waals surface area contributed by atoms with Crippen LogP contribution in [0.1, 0.15) is 0 Å². The third kappa shape index (κ3) is 24.8. The molecule has 0 saturated carbocycles. The Morgan fingerprint density at radius 2 is 0.875 bits per heavy atom. The van der Waals surface area contributed by atoms with E-state index in [0.717, 1.165) is 0 Å². The molecule has 16 heavy (non-hydrogen) atoms. The van der Waals surface area contributed by atoms with E-state index in [1.54, 1.807) is 0 Å². The van der Waals surface area contributed by atoms with E-state index in [1.165, 1.54) is 0 Å². The van der Waals surface area contributed by atoms with Crippen LogP contribution in [0.25, 0.3) is 0 Å². The second-order valence-electron chi connectivity index (χ2n) is 1.97. The molecule has 0 radical (unpaired) electrons. The summed E-state index contributed by atoms with van der Waals surface area (Å²) in [4.78, 5) is 0. The zero-order valence-electron chi connectivity index (χ0n) is 7.83. The molecular weight excluding hydrogens is 566 g/mol. The maximum absolute atomic E-state index is 4.81. The summed E-state index contributed by atoms with van der Waals surface area (Å²) in [6.07, 6.45) is 0. The predicted molar refractivity (Wildman–Crippen MR) is 55.8 cm³/mol. The minimum Gasteiger partial charge on any atom is -0.214 e. The van der Waals surface area contributed by atoms with E-state index in [1.807, 2.05) is 60.7 Å². The van der Waals surface area contributed by atoms with Crippen LogP contribution in [0, 0.1) is 0 Å². The monoisotopic (exact) mass is 574 g/mol. The van der Waals surface area contributed by atoms with E-state index in [4.69, 9.17) is 19.1 Å². The van der Waals surface area contributed by atoms with E-state index in [0.29, 0.717) is 0 Å². The summed E-state index contributed by atoms with van der Waals surface area (Å²) in [5.41, 5.74) is 0. The average molecular weight is 576 g/mol. The summed E-state index contributed by atoms with van der Waals surface area (Å²) in [5, 5.41) is 0. The fraction of sp³-hybridized carbons (Fsp3) is 0. The van der Waals surface area contributed by atoms with Gasteiger partial charge in [0.25, 0.3) is 0 Å². The van der Waals surface area contributed by atoms with Gasteiger partial charge in [0, 0.05) is 40.8 Å². The van der Waals surface area contributed by atoms with Gasteiger partial charge in [0.15, 0.2) is 0 Å². The van der Waals surface area contributed by atoms with Crippen molar-refractivity contribution in [2.24, 2.45) is 0 Å². The summed E-state index contributed by atoms with van der Waals surface area (Å²) < 4.78 is 0. The Hall–Kier alpha value is 1.79. The van der Waals surface area contributed by atoms with E-state index in [9.17, 15) is 0 Å². The summed E-state index contributed by atoms with van der Waals surface area (Å²) in [7, 11) is 9.63. The molecule has 2 rings (SSSR count). The van der Waals surface area contributed by atoms with Gasteiger partial charge in [-0.1, -0.05) is 0 Å². The standard InChI is InChI=1S/2C5H5.2ClH.Fe.3Pd/c2*1-2-4-5-3-1;;;;;;/h2*1-5H;2*1H;;;;/q2*-1;;;+2;;;+2/p-2. The van der Waals surface area contributed by atoms with E-state index < -0.39 is 0 Å². The molecular formula is C10H10Cl2FePd3. The molecule has 0 heterocycles. The zero-order valence-corrected chi connectivity index (χ0v) is 15.1. The minimum absolute atomic E-state index is 0. The summed E-state index contributed by atoms with van der Waals surface area (Å²) in [6, 6.07) is 20.0. The normalized spacial score (nSPS) is 6.38. The fourth-order valence-electron chi connectivity index (χ4n) is 0.642. The molecule has 0 aliphatic carbocycles. The predicted octanol–water partition coefficient (Wildman–Crippen LogP) is 4.18. The molecule has 0 amide bonds. The number of hydrogen-bond acceptors (Lipinski definition) is 0. The topological polar surface area (TPSA) is 0 Å². The molecule has 0 aromatic heterocycles. The third-order valence-electron chi connectivity index (χ3n) is 1.11. The molecule has 0 saturated heterocycles. The summed E-state index contributed by atoms with van der Waals surface area (Å²) in [6.45, 7) is 0. The van der Waals surface area contributed by atoms with Crippen molar-refractivity contribution in [3.05, 3.63) is 60.7 Å². The first-order valence-electron chi connectivity index (χ1n) is 3.57. The van der Waals surface area contributed by atoms with Gasteiger partial charge < -0.3 is 0 Å². The molecule has 0 nitrogen and oxygen atoms in total. The van der Waals surface area contributed by atoms with Crippen molar-refractivity contribution in [2.45, 2.75) is 0 Å². The van der Waals surface area contributed by atoms with Crippen molar-refractivity contribution in [3.63, 3.8) is 0 Å². The molecule has 0 N–H and O–H groups in total. The number of hydrogen-bond donors (Lipinski definition) is 0. The van der Waals surface area contributed by atoms with Gasteiger partial charge in [-0.05, 0) is 0 Å². The fourth-order valence-corrected chi connectivity index (χ4v) is 0.642. The van der Waals surface area contributed by atoms with E-state index in [2.05, 4.69) is 0 Å². The van der Waals surface area contributed by atoms with Gasteiger partial charge in [-0.2, -0.15) is 36.4 Å². The van der Waals surface area contributed by atoms with Crippen LogP contribution in [0.5, 0.6) is 0 Å². The molecule has 0 spiro atoms. The molecule has 0 aliphatic rings. The Kier molecular flexibility index (Phi) is 42.2. The Labute approximate surface area is 151 Å². The van der Waals surface area contributed by atoms with Gasteiger partial charge in [0.2, 0.25) is 0 Å². The summed E-state index contributed by atoms with van der Waals surface area (Å²) in [5.74, 6) is 0. The van der Waals surface area contributed by atoms with Gasteiger partial charge in [-0.15, -0.1) is 0 Å². The van der Waals surface area contributed by atoms with Gasteiger partial charge in [-0.3, -0.25) is 0 Å². The van der Waals surface area contributed by atoms with Gasteiger partial charge >= 0.3 is 52.1 Å². The maximum atomic E-state index is 4.81. The van der Waals surface area contributed by atoms with Gasteiger partial charge in [0.1, 0.15) is 0 Å². The molecule has 0 atom stereocenters. The van der Waals surface area contributed by atoms with Crippen LogP contribution in [-0.4, -0.2) is 0 Å². The second-order valence-corrected chi connectivity index (χ2v) is 4.33. The molecule has 6 heteroatoms. The Bertz CT molecular complexity index is 176. The summed E-state index contributed by atoms with van der Waals surface area (Å²) >= 11 is -0.106. The van der Waals surface area contributed by atoms with Crippen molar-refractivity contribution in [3.8, 4) is 0 Å². The first-order valence-corrected chi connectivity index (χ1v) is 7.58. The smallest absolute Gasteiger partial charge is 0.214 e. The van der Waals surface area contributed by atoms with Crippen LogP contribution < -0.4 is 0 Å². The first-order chi connectivity index (χ1) is 6.41. The molecule has 0 bridgehead atoms. The van der Waals surface area contributed by atoms with E-state index in [-0.39, 0.29) is 73.9 Å². The quantitative estimate of drug-likeness (QED) is 0.327. The largest absolute Gasteiger partial charge is 2.00 e. The minimum atomic E-state index is -0.106. The van der Waals surface area contributed by atoms with Gasteiger partial charge in [-0.25, -0.2) is 24.3 Å². The second kappa shape index (κ2) is 25.6. The molecule has 0 fully saturated rings. The molecule has 2 aromatic carbocycles.